The summed E-state index contributed by atoms with van der Waals surface area (Å²) in [6, 6.07) is 10.7. The van der Waals surface area contributed by atoms with Gasteiger partial charge in [-0.1, -0.05) is 57.0 Å². The largest absolute Gasteiger partial charge is 0.439 e. The van der Waals surface area contributed by atoms with Crippen molar-refractivity contribution in [3.8, 4) is 11.3 Å². The molecule has 3 atom stereocenters. The van der Waals surface area contributed by atoms with Gasteiger partial charge in [0.15, 0.2) is 5.76 Å². The summed E-state index contributed by atoms with van der Waals surface area (Å²) < 4.78 is 5.85. The lowest BCUT2D eigenvalue weighted by atomic mass is 9.78. The highest BCUT2D eigenvalue weighted by atomic mass is 16.4. The van der Waals surface area contributed by atoms with Gasteiger partial charge in [-0.05, 0) is 18.3 Å². The number of nitrogens with one attached hydrogen (secondary N) is 1. The van der Waals surface area contributed by atoms with Crippen molar-refractivity contribution in [2.45, 2.75) is 45.7 Å². The molecular formula is C18H24N2O. The lowest BCUT2D eigenvalue weighted by Gasteiger charge is -2.34. The fourth-order valence-electron chi connectivity index (χ4n) is 3.22. The van der Waals surface area contributed by atoms with Gasteiger partial charge >= 0.3 is 0 Å². The zero-order valence-corrected chi connectivity index (χ0v) is 12.9. The molecule has 1 aliphatic carbocycles. The van der Waals surface area contributed by atoms with Crippen LogP contribution >= 0.6 is 0 Å². The van der Waals surface area contributed by atoms with Gasteiger partial charge in [-0.15, -0.1) is 0 Å². The van der Waals surface area contributed by atoms with Crippen molar-refractivity contribution in [2.24, 2.45) is 11.8 Å². The Balaban J connectivity index is 1.60. The number of hydrogen-bond acceptors (Lipinski definition) is 3. The summed E-state index contributed by atoms with van der Waals surface area (Å²) in [5.41, 5.74) is 1.08. The summed E-state index contributed by atoms with van der Waals surface area (Å²) in [7, 11) is 0. The Labute approximate surface area is 126 Å². The Bertz CT molecular complexity index is 564. The third-order valence-corrected chi connectivity index (χ3v) is 4.83. The Morgan fingerprint density at radius 1 is 1.19 bits per heavy atom. The molecule has 0 radical (unpaired) electrons. The van der Waals surface area contributed by atoms with Crippen molar-refractivity contribution in [3.63, 3.8) is 0 Å². The standard InChI is InChI=1S/C18H24N2O/c1-13-7-6-10-16(14(13)2)19-12-18-20-11-17(21-18)15-8-4-3-5-9-15/h3-5,8-9,11,13-14,16,19H,6-7,10,12H2,1-2H3. The highest BCUT2D eigenvalue weighted by Crippen LogP contribution is 2.29. The molecule has 1 aromatic carbocycles. The highest BCUT2D eigenvalue weighted by molar-refractivity contribution is 5.55. The molecule has 0 amide bonds. The van der Waals surface area contributed by atoms with Gasteiger partial charge < -0.3 is 9.73 Å². The zero-order chi connectivity index (χ0) is 14.7. The monoisotopic (exact) mass is 284 g/mol. The van der Waals surface area contributed by atoms with E-state index in [0.717, 1.165) is 29.1 Å². The van der Waals surface area contributed by atoms with Gasteiger partial charge in [-0.2, -0.15) is 0 Å². The average molecular weight is 284 g/mol. The Morgan fingerprint density at radius 3 is 2.81 bits per heavy atom. The van der Waals surface area contributed by atoms with E-state index in [-0.39, 0.29) is 0 Å². The second-order valence-electron chi connectivity index (χ2n) is 6.24. The van der Waals surface area contributed by atoms with Crippen molar-refractivity contribution in [2.75, 3.05) is 0 Å². The number of aromatic nitrogens is 1. The van der Waals surface area contributed by atoms with E-state index < -0.39 is 0 Å². The maximum atomic E-state index is 5.85. The summed E-state index contributed by atoms with van der Waals surface area (Å²) in [6.07, 6.45) is 5.76. The van der Waals surface area contributed by atoms with E-state index in [9.17, 15) is 0 Å². The molecule has 2 aromatic rings. The molecule has 112 valence electrons. The molecule has 0 aliphatic heterocycles. The summed E-state index contributed by atoms with van der Waals surface area (Å²) in [6.45, 7) is 5.43. The van der Waals surface area contributed by atoms with E-state index in [1.54, 1.807) is 0 Å². The molecular weight excluding hydrogens is 260 g/mol. The third kappa shape index (κ3) is 3.35. The molecule has 21 heavy (non-hydrogen) atoms. The van der Waals surface area contributed by atoms with E-state index in [2.05, 4.69) is 24.1 Å². The summed E-state index contributed by atoms with van der Waals surface area (Å²) in [5.74, 6) is 3.15. The quantitative estimate of drug-likeness (QED) is 0.911. The van der Waals surface area contributed by atoms with E-state index in [0.29, 0.717) is 12.6 Å². The van der Waals surface area contributed by atoms with Gasteiger partial charge in [0.05, 0.1) is 12.7 Å². The molecule has 1 N–H and O–H groups in total. The Kier molecular flexibility index (Phi) is 4.39. The summed E-state index contributed by atoms with van der Waals surface area (Å²) >= 11 is 0. The average Bonchev–Trinajstić information content (AvgIpc) is 2.99. The van der Waals surface area contributed by atoms with Gasteiger partial charge in [-0.3, -0.25) is 0 Å². The minimum atomic E-state index is 0.584. The Morgan fingerprint density at radius 2 is 2.00 bits per heavy atom. The fraction of sp³-hybridized carbons (Fsp3) is 0.500. The topological polar surface area (TPSA) is 38.1 Å². The van der Waals surface area contributed by atoms with Crippen LogP contribution in [0.3, 0.4) is 0 Å². The molecule has 3 rings (SSSR count). The fourth-order valence-corrected chi connectivity index (χ4v) is 3.22. The first-order chi connectivity index (χ1) is 10.2. The molecule has 0 spiro atoms. The molecule has 3 nitrogen and oxygen atoms in total. The van der Waals surface area contributed by atoms with E-state index in [1.165, 1.54) is 19.3 Å². The Hall–Kier alpha value is -1.61. The molecule has 0 bridgehead atoms. The molecule has 1 aromatic heterocycles. The molecule has 3 unspecified atom stereocenters. The van der Waals surface area contributed by atoms with Gasteiger partial charge in [0.25, 0.3) is 0 Å². The van der Waals surface area contributed by atoms with E-state index >= 15 is 0 Å². The predicted octanol–water partition coefficient (Wildman–Crippen LogP) is 4.26. The second-order valence-corrected chi connectivity index (χ2v) is 6.24. The number of nitrogens with zero attached hydrogens (tertiary/aromatic N) is 1. The van der Waals surface area contributed by atoms with E-state index in [1.807, 2.05) is 36.5 Å². The number of oxazole rings is 1. The van der Waals surface area contributed by atoms with Crippen molar-refractivity contribution in [3.05, 3.63) is 42.4 Å². The SMILES string of the molecule is CC1CCCC(NCc2ncc(-c3ccccc3)o2)C1C. The third-order valence-electron chi connectivity index (χ3n) is 4.83. The van der Waals surface area contributed by atoms with Gasteiger partial charge in [0.2, 0.25) is 5.89 Å². The highest BCUT2D eigenvalue weighted by Gasteiger charge is 2.26. The van der Waals surface area contributed by atoms with Crippen molar-refractivity contribution < 1.29 is 4.42 Å². The molecule has 1 heterocycles. The predicted molar refractivity (Wildman–Crippen MR) is 84.7 cm³/mol. The molecule has 1 fully saturated rings. The zero-order valence-electron chi connectivity index (χ0n) is 12.9. The van der Waals surface area contributed by atoms with Crippen LogP contribution in [0, 0.1) is 11.8 Å². The molecule has 0 saturated heterocycles. The van der Waals surface area contributed by atoms with Crippen LogP contribution in [0.4, 0.5) is 0 Å². The normalized spacial score (nSPS) is 25.9. The van der Waals surface area contributed by atoms with Crippen LogP contribution in [0.2, 0.25) is 0 Å². The van der Waals surface area contributed by atoms with Crippen molar-refractivity contribution >= 4 is 0 Å². The smallest absolute Gasteiger partial charge is 0.208 e. The van der Waals surface area contributed by atoms with Crippen LogP contribution in [0.5, 0.6) is 0 Å². The van der Waals surface area contributed by atoms with Crippen LogP contribution in [0.1, 0.15) is 39.0 Å². The van der Waals surface area contributed by atoms with Crippen LogP contribution in [-0.2, 0) is 6.54 Å². The number of hydrogen-bond donors (Lipinski definition) is 1. The van der Waals surface area contributed by atoms with Crippen LogP contribution in [0.25, 0.3) is 11.3 Å². The maximum absolute atomic E-state index is 5.85. The summed E-state index contributed by atoms with van der Waals surface area (Å²) in [4.78, 5) is 4.39. The lowest BCUT2D eigenvalue weighted by molar-refractivity contribution is 0.202. The minimum Gasteiger partial charge on any atom is -0.439 e. The number of rotatable bonds is 4. The first kappa shape index (κ1) is 14.3. The van der Waals surface area contributed by atoms with Crippen LogP contribution in [0.15, 0.2) is 40.9 Å². The maximum Gasteiger partial charge on any atom is 0.208 e. The van der Waals surface area contributed by atoms with Gasteiger partial charge in [0.1, 0.15) is 0 Å². The van der Waals surface area contributed by atoms with Crippen molar-refractivity contribution in [1.29, 1.82) is 0 Å². The molecule has 1 aliphatic rings. The van der Waals surface area contributed by atoms with E-state index in [4.69, 9.17) is 4.42 Å². The first-order valence-electron chi connectivity index (χ1n) is 7.97. The van der Waals surface area contributed by atoms with Gasteiger partial charge in [0, 0.05) is 11.6 Å². The summed E-state index contributed by atoms with van der Waals surface area (Å²) in [5, 5.41) is 3.63. The van der Waals surface area contributed by atoms with Crippen LogP contribution in [-0.4, -0.2) is 11.0 Å². The lowest BCUT2D eigenvalue weighted by Crippen LogP contribution is -2.40. The molecule has 3 heteroatoms. The van der Waals surface area contributed by atoms with Gasteiger partial charge in [-0.25, -0.2) is 4.98 Å². The van der Waals surface area contributed by atoms with Crippen molar-refractivity contribution in [1.82, 2.24) is 10.3 Å². The second kappa shape index (κ2) is 6.44. The minimum absolute atomic E-state index is 0.584. The van der Waals surface area contributed by atoms with Crippen LogP contribution < -0.4 is 5.32 Å². The number of benzene rings is 1. The molecule has 1 saturated carbocycles. The first-order valence-corrected chi connectivity index (χ1v) is 7.97.